The molecule has 0 heterocycles. The molecule has 0 amide bonds. The Morgan fingerprint density at radius 3 is 2.22 bits per heavy atom. The lowest BCUT2D eigenvalue weighted by atomic mass is 9.89. The Hall–Kier alpha value is -1.09. The first kappa shape index (κ1) is 20.0. The van der Waals surface area contributed by atoms with Crippen LogP contribution in [0.3, 0.4) is 0 Å². The van der Waals surface area contributed by atoms with Gasteiger partial charge in [0.2, 0.25) is 0 Å². The van der Waals surface area contributed by atoms with Crippen LogP contribution in [0.15, 0.2) is 18.2 Å². The molecule has 0 saturated carbocycles. The van der Waals surface area contributed by atoms with Gasteiger partial charge < -0.3 is 10.4 Å². The molecule has 132 valence electrons. The van der Waals surface area contributed by atoms with E-state index >= 15 is 0 Å². The van der Waals surface area contributed by atoms with Gasteiger partial charge in [-0.25, -0.2) is 4.39 Å². The Morgan fingerprint density at radius 2 is 1.65 bits per heavy atom. The van der Waals surface area contributed by atoms with Crippen molar-refractivity contribution >= 4 is 5.69 Å². The molecule has 2 atom stereocenters. The van der Waals surface area contributed by atoms with E-state index in [1.165, 1.54) is 12.8 Å². The van der Waals surface area contributed by atoms with E-state index in [4.69, 9.17) is 5.11 Å². The minimum atomic E-state index is -0.1000. The fraction of sp³-hybridized carbons (Fsp3) is 0.700. The first-order chi connectivity index (χ1) is 11.2. The first-order valence-corrected chi connectivity index (χ1v) is 9.28. The number of nitrogens with one attached hydrogen (secondary N) is 1. The normalized spacial score (nSPS) is 13.8. The fourth-order valence-corrected chi connectivity index (χ4v) is 3.16. The second kappa shape index (κ2) is 11.4. The van der Waals surface area contributed by atoms with Crippen molar-refractivity contribution in [3.05, 3.63) is 29.6 Å². The summed E-state index contributed by atoms with van der Waals surface area (Å²) < 4.78 is 14.2. The van der Waals surface area contributed by atoms with Crippen molar-refractivity contribution in [3.63, 3.8) is 0 Å². The molecule has 0 saturated heterocycles. The van der Waals surface area contributed by atoms with Gasteiger partial charge in [0.1, 0.15) is 5.82 Å². The molecule has 0 spiro atoms. The molecule has 1 rings (SSSR count). The number of rotatable bonds is 12. The molecule has 1 aromatic carbocycles. The summed E-state index contributed by atoms with van der Waals surface area (Å²) in [6.07, 6.45) is 7.41. The number of halogens is 1. The van der Waals surface area contributed by atoms with Gasteiger partial charge in [0.25, 0.3) is 0 Å². The number of aliphatic hydroxyl groups is 1. The minimum Gasteiger partial charge on any atom is -0.396 e. The fourth-order valence-electron chi connectivity index (χ4n) is 3.16. The van der Waals surface area contributed by atoms with Crippen LogP contribution < -0.4 is 5.32 Å². The summed E-state index contributed by atoms with van der Waals surface area (Å²) in [7, 11) is 0. The van der Waals surface area contributed by atoms with Gasteiger partial charge in [-0.2, -0.15) is 0 Å². The second-order valence-corrected chi connectivity index (χ2v) is 6.49. The van der Waals surface area contributed by atoms with Gasteiger partial charge in [0, 0.05) is 13.2 Å². The van der Waals surface area contributed by atoms with Crippen LogP contribution in [0, 0.1) is 17.7 Å². The van der Waals surface area contributed by atoms with E-state index in [1.807, 2.05) is 25.1 Å². The molecule has 0 aliphatic rings. The smallest absolute Gasteiger partial charge is 0.149 e. The predicted molar refractivity (Wildman–Crippen MR) is 97.4 cm³/mol. The Balaban J connectivity index is 2.40. The van der Waals surface area contributed by atoms with Crippen LogP contribution in [-0.2, 0) is 6.42 Å². The van der Waals surface area contributed by atoms with Crippen LogP contribution in [0.2, 0.25) is 0 Å². The molecule has 0 aromatic heterocycles. The molecule has 1 aromatic rings. The zero-order valence-electron chi connectivity index (χ0n) is 15.1. The maximum absolute atomic E-state index is 14.2. The lowest BCUT2D eigenvalue weighted by Gasteiger charge is -2.19. The number of hydrogen-bond acceptors (Lipinski definition) is 2. The van der Waals surface area contributed by atoms with Crippen LogP contribution in [0.4, 0.5) is 10.1 Å². The average molecular weight is 323 g/mol. The van der Waals surface area contributed by atoms with E-state index in [1.54, 1.807) is 0 Å². The molecular formula is C20H34FNO. The lowest BCUT2D eigenvalue weighted by molar-refractivity contribution is 0.240. The molecule has 2 unspecified atom stereocenters. The number of benzene rings is 1. The highest BCUT2D eigenvalue weighted by molar-refractivity contribution is 5.47. The van der Waals surface area contributed by atoms with Crippen molar-refractivity contribution in [3.8, 4) is 0 Å². The van der Waals surface area contributed by atoms with Gasteiger partial charge in [-0.3, -0.25) is 0 Å². The van der Waals surface area contributed by atoms with E-state index in [0.717, 1.165) is 44.2 Å². The van der Waals surface area contributed by atoms with Crippen molar-refractivity contribution in [2.24, 2.45) is 11.8 Å². The van der Waals surface area contributed by atoms with Crippen LogP contribution in [0.1, 0.15) is 64.9 Å². The summed E-state index contributed by atoms with van der Waals surface area (Å²) in [6.45, 7) is 7.53. The summed E-state index contributed by atoms with van der Waals surface area (Å²) in [5.74, 6) is 1.21. The van der Waals surface area contributed by atoms with E-state index in [9.17, 15) is 4.39 Å². The SMILES string of the molecule is CCc1cccc(NCCC(CC)CCC(CC)CCO)c1F. The van der Waals surface area contributed by atoms with Gasteiger partial charge in [-0.15, -0.1) is 0 Å². The summed E-state index contributed by atoms with van der Waals surface area (Å²) in [6, 6.07) is 5.59. The average Bonchev–Trinajstić information content (AvgIpc) is 2.58. The van der Waals surface area contributed by atoms with Crippen molar-refractivity contribution in [1.82, 2.24) is 0 Å². The molecule has 3 heteroatoms. The summed E-state index contributed by atoms with van der Waals surface area (Å²) in [5.41, 5.74) is 1.41. The number of aryl methyl sites for hydroxylation is 1. The van der Waals surface area contributed by atoms with E-state index in [2.05, 4.69) is 19.2 Å². The standard InChI is InChI=1S/C20H34FNO/c1-4-16(10-11-17(5-2)13-15-23)12-14-22-19-9-7-8-18(6-3)20(19)21/h7-9,16-17,22-23H,4-6,10-15H2,1-3H3. The Kier molecular flexibility index (Phi) is 9.93. The lowest BCUT2D eigenvalue weighted by Crippen LogP contribution is -2.12. The Morgan fingerprint density at radius 1 is 1.00 bits per heavy atom. The monoisotopic (exact) mass is 323 g/mol. The highest BCUT2D eigenvalue weighted by atomic mass is 19.1. The third-order valence-electron chi connectivity index (χ3n) is 5.00. The summed E-state index contributed by atoms with van der Waals surface area (Å²) >= 11 is 0. The molecule has 23 heavy (non-hydrogen) atoms. The molecular weight excluding hydrogens is 289 g/mol. The topological polar surface area (TPSA) is 32.3 Å². The second-order valence-electron chi connectivity index (χ2n) is 6.49. The quantitative estimate of drug-likeness (QED) is 0.539. The largest absolute Gasteiger partial charge is 0.396 e. The summed E-state index contributed by atoms with van der Waals surface area (Å²) in [4.78, 5) is 0. The van der Waals surface area contributed by atoms with Crippen LogP contribution in [-0.4, -0.2) is 18.3 Å². The van der Waals surface area contributed by atoms with Gasteiger partial charge in [-0.1, -0.05) is 58.6 Å². The third-order valence-corrected chi connectivity index (χ3v) is 5.00. The van der Waals surface area contributed by atoms with Crippen LogP contribution >= 0.6 is 0 Å². The number of anilines is 1. The van der Waals surface area contributed by atoms with Crippen LogP contribution in [0.5, 0.6) is 0 Å². The van der Waals surface area contributed by atoms with Crippen molar-refractivity contribution in [2.45, 2.75) is 65.7 Å². The third kappa shape index (κ3) is 6.90. The molecule has 0 aliphatic heterocycles. The first-order valence-electron chi connectivity index (χ1n) is 9.28. The van der Waals surface area contributed by atoms with Crippen molar-refractivity contribution in [2.75, 3.05) is 18.5 Å². The molecule has 0 radical (unpaired) electrons. The van der Waals surface area contributed by atoms with Gasteiger partial charge in [-0.05, 0) is 42.7 Å². The summed E-state index contributed by atoms with van der Waals surface area (Å²) in [5, 5.41) is 12.3. The maximum atomic E-state index is 14.2. The Labute approximate surface area is 141 Å². The zero-order valence-corrected chi connectivity index (χ0v) is 15.1. The van der Waals surface area contributed by atoms with Gasteiger partial charge in [0.15, 0.2) is 0 Å². The predicted octanol–water partition coefficient (Wildman–Crippen LogP) is 5.41. The molecule has 2 N–H and O–H groups in total. The zero-order chi connectivity index (χ0) is 17.1. The highest BCUT2D eigenvalue weighted by Gasteiger charge is 2.12. The van der Waals surface area contributed by atoms with Gasteiger partial charge in [0.05, 0.1) is 5.69 Å². The van der Waals surface area contributed by atoms with Crippen molar-refractivity contribution in [1.29, 1.82) is 0 Å². The van der Waals surface area contributed by atoms with E-state index in [-0.39, 0.29) is 5.82 Å². The number of hydrogen-bond donors (Lipinski definition) is 2. The molecule has 2 nitrogen and oxygen atoms in total. The molecule has 0 aliphatic carbocycles. The Bertz CT molecular complexity index is 436. The van der Waals surface area contributed by atoms with Crippen molar-refractivity contribution < 1.29 is 9.50 Å². The highest BCUT2D eigenvalue weighted by Crippen LogP contribution is 2.23. The minimum absolute atomic E-state index is 0.1000. The van der Waals surface area contributed by atoms with Gasteiger partial charge >= 0.3 is 0 Å². The molecule has 0 fully saturated rings. The number of aliphatic hydroxyl groups excluding tert-OH is 1. The van der Waals surface area contributed by atoms with E-state index in [0.29, 0.717) is 24.1 Å². The van der Waals surface area contributed by atoms with Crippen LogP contribution in [0.25, 0.3) is 0 Å². The van der Waals surface area contributed by atoms with E-state index < -0.39 is 0 Å². The maximum Gasteiger partial charge on any atom is 0.149 e. The molecule has 0 bridgehead atoms.